The summed E-state index contributed by atoms with van der Waals surface area (Å²) >= 11 is 5.21. The number of thiazole rings is 1. The second kappa shape index (κ2) is 7.06. The number of hydrogen-bond donors (Lipinski definition) is 0. The maximum absolute atomic E-state index is 14.0. The molecule has 1 aromatic carbocycles. The zero-order valence-electron chi connectivity index (χ0n) is 16.7. The van der Waals surface area contributed by atoms with Crippen LogP contribution in [0, 0.1) is 23.2 Å². The van der Waals surface area contributed by atoms with E-state index in [2.05, 4.69) is 41.0 Å². The van der Waals surface area contributed by atoms with Crippen molar-refractivity contribution in [1.82, 2.24) is 9.88 Å². The number of hydrogen-bond acceptors (Lipinski definition) is 4. The quantitative estimate of drug-likeness (QED) is 0.615. The van der Waals surface area contributed by atoms with E-state index in [0.29, 0.717) is 12.5 Å². The van der Waals surface area contributed by atoms with Crippen LogP contribution in [0.25, 0.3) is 10.2 Å². The van der Waals surface area contributed by atoms with Gasteiger partial charge in [0.25, 0.3) is 0 Å². The summed E-state index contributed by atoms with van der Waals surface area (Å²) in [5.74, 6) is 2.68. The molecule has 0 spiro atoms. The minimum atomic E-state index is -0.125. The van der Waals surface area contributed by atoms with Crippen molar-refractivity contribution in [3.8, 4) is 0 Å². The topological polar surface area (TPSA) is 36.4 Å². The van der Waals surface area contributed by atoms with Gasteiger partial charge in [0.2, 0.25) is 5.91 Å². The molecule has 0 saturated heterocycles. The molecule has 4 aliphatic carbocycles. The lowest BCUT2D eigenvalue weighted by Crippen LogP contribution is -2.55. The van der Waals surface area contributed by atoms with Crippen LogP contribution in [-0.2, 0) is 4.79 Å². The number of amides is 1. The van der Waals surface area contributed by atoms with Crippen molar-refractivity contribution in [1.29, 1.82) is 0 Å². The molecule has 28 heavy (non-hydrogen) atoms. The van der Waals surface area contributed by atoms with Crippen molar-refractivity contribution < 1.29 is 4.79 Å². The first-order valence-electron chi connectivity index (χ1n) is 10.4. The SMILES string of the molecule is CN(C)CCN(C(=O)C12CC3CC(CC(C3)C1)C2)c1nc2ccc(Br)cc2s1. The van der Waals surface area contributed by atoms with Crippen LogP contribution in [0.5, 0.6) is 0 Å². The highest BCUT2D eigenvalue weighted by Gasteiger charge is 2.55. The van der Waals surface area contributed by atoms with Crippen LogP contribution in [0.3, 0.4) is 0 Å². The molecule has 6 heteroatoms. The molecular formula is C22H28BrN3OS. The Morgan fingerprint density at radius 2 is 1.79 bits per heavy atom. The van der Waals surface area contributed by atoms with Gasteiger partial charge >= 0.3 is 0 Å². The average molecular weight is 462 g/mol. The summed E-state index contributed by atoms with van der Waals surface area (Å²) in [5.41, 5.74) is 0.857. The Labute approximate surface area is 179 Å². The number of anilines is 1. The van der Waals surface area contributed by atoms with Crippen LogP contribution in [0.1, 0.15) is 38.5 Å². The molecule has 0 N–H and O–H groups in total. The molecule has 2 aromatic rings. The molecule has 4 saturated carbocycles. The predicted molar refractivity (Wildman–Crippen MR) is 119 cm³/mol. The van der Waals surface area contributed by atoms with Crippen LogP contribution in [0.4, 0.5) is 5.13 Å². The molecule has 6 rings (SSSR count). The Balaban J connectivity index is 1.50. The summed E-state index contributed by atoms with van der Waals surface area (Å²) in [6.45, 7) is 1.58. The summed E-state index contributed by atoms with van der Waals surface area (Å²) in [4.78, 5) is 23.1. The second-order valence-electron chi connectivity index (χ2n) is 9.57. The zero-order chi connectivity index (χ0) is 19.5. The number of carbonyl (C=O) groups is 1. The van der Waals surface area contributed by atoms with E-state index in [-0.39, 0.29) is 5.41 Å². The largest absolute Gasteiger partial charge is 0.308 e. The average Bonchev–Trinajstić information content (AvgIpc) is 3.03. The van der Waals surface area contributed by atoms with E-state index >= 15 is 0 Å². The summed E-state index contributed by atoms with van der Waals surface area (Å²) in [7, 11) is 4.14. The highest BCUT2D eigenvalue weighted by atomic mass is 79.9. The number of benzene rings is 1. The molecule has 4 bridgehead atoms. The second-order valence-corrected chi connectivity index (χ2v) is 11.5. The number of carbonyl (C=O) groups excluding carboxylic acids is 1. The molecular weight excluding hydrogens is 434 g/mol. The van der Waals surface area contributed by atoms with E-state index in [1.165, 1.54) is 19.3 Å². The van der Waals surface area contributed by atoms with Crippen LogP contribution in [0.2, 0.25) is 0 Å². The van der Waals surface area contributed by atoms with Crippen LogP contribution >= 0.6 is 27.3 Å². The van der Waals surface area contributed by atoms with Crippen molar-refractivity contribution in [3.05, 3.63) is 22.7 Å². The molecule has 1 amide bonds. The van der Waals surface area contributed by atoms with Crippen molar-refractivity contribution in [2.24, 2.45) is 23.2 Å². The van der Waals surface area contributed by atoms with E-state index in [4.69, 9.17) is 4.98 Å². The molecule has 1 heterocycles. The number of nitrogens with zero attached hydrogens (tertiary/aromatic N) is 3. The molecule has 4 fully saturated rings. The van der Waals surface area contributed by atoms with Crippen LogP contribution in [0.15, 0.2) is 22.7 Å². The number of fused-ring (bicyclic) bond motifs is 1. The van der Waals surface area contributed by atoms with Gasteiger partial charge in [-0.3, -0.25) is 9.69 Å². The molecule has 1 aromatic heterocycles. The van der Waals surface area contributed by atoms with Gasteiger partial charge in [-0.25, -0.2) is 4.98 Å². The fraction of sp³-hybridized carbons (Fsp3) is 0.636. The van der Waals surface area contributed by atoms with Crippen LogP contribution < -0.4 is 4.90 Å². The molecule has 4 nitrogen and oxygen atoms in total. The molecule has 4 aliphatic rings. The van der Waals surface area contributed by atoms with E-state index in [1.54, 1.807) is 11.3 Å². The summed E-state index contributed by atoms with van der Waals surface area (Å²) < 4.78 is 2.19. The first-order chi connectivity index (χ1) is 13.4. The summed E-state index contributed by atoms with van der Waals surface area (Å²) in [6, 6.07) is 6.17. The van der Waals surface area contributed by atoms with Gasteiger partial charge in [0.15, 0.2) is 5.13 Å². The molecule has 150 valence electrons. The maximum atomic E-state index is 14.0. The number of aromatic nitrogens is 1. The van der Waals surface area contributed by atoms with Crippen molar-refractivity contribution in [2.45, 2.75) is 38.5 Å². The summed E-state index contributed by atoms with van der Waals surface area (Å²) in [5, 5.41) is 0.871. The molecule has 0 unspecified atom stereocenters. The monoisotopic (exact) mass is 461 g/mol. The third kappa shape index (κ3) is 3.31. The van der Waals surface area contributed by atoms with E-state index in [1.807, 2.05) is 17.0 Å². The van der Waals surface area contributed by atoms with E-state index in [9.17, 15) is 4.79 Å². The van der Waals surface area contributed by atoms with Crippen LogP contribution in [-0.4, -0.2) is 43.0 Å². The Hall–Kier alpha value is -0.980. The van der Waals surface area contributed by atoms with E-state index < -0.39 is 0 Å². The first kappa shape index (κ1) is 19.0. The minimum absolute atomic E-state index is 0.125. The number of likely N-dealkylation sites (N-methyl/N-ethyl adjacent to an activating group) is 1. The number of halogens is 1. The Morgan fingerprint density at radius 1 is 1.14 bits per heavy atom. The van der Waals surface area contributed by atoms with Gasteiger partial charge in [-0.05, 0) is 88.6 Å². The first-order valence-corrected chi connectivity index (χ1v) is 12.1. The molecule has 0 atom stereocenters. The van der Waals surface area contributed by atoms with Crippen molar-refractivity contribution in [2.75, 3.05) is 32.1 Å². The normalized spacial score (nSPS) is 31.1. The van der Waals surface area contributed by atoms with Gasteiger partial charge in [0.1, 0.15) is 0 Å². The van der Waals surface area contributed by atoms with Gasteiger partial charge in [0.05, 0.1) is 15.6 Å². The highest BCUT2D eigenvalue weighted by molar-refractivity contribution is 9.10. The van der Waals surface area contributed by atoms with Crippen molar-refractivity contribution >= 4 is 48.5 Å². The fourth-order valence-corrected chi connectivity index (χ4v) is 7.79. The third-order valence-corrected chi connectivity index (χ3v) is 8.61. The molecule has 0 aliphatic heterocycles. The standard InChI is InChI=1S/C22H28BrN3OS/c1-25(2)5-6-26(21-24-18-4-3-17(23)10-19(18)28-21)20(27)22-11-14-7-15(12-22)9-16(8-14)13-22/h3-4,10,14-16H,5-9,11-13H2,1-2H3. The lowest BCUT2D eigenvalue weighted by molar-refractivity contribution is -0.143. The Morgan fingerprint density at radius 3 is 2.39 bits per heavy atom. The van der Waals surface area contributed by atoms with Gasteiger partial charge in [-0.15, -0.1) is 0 Å². The highest BCUT2D eigenvalue weighted by Crippen LogP contribution is 2.60. The van der Waals surface area contributed by atoms with E-state index in [0.717, 1.165) is 63.4 Å². The predicted octanol–water partition coefficient (Wildman–Crippen LogP) is 5.17. The van der Waals surface area contributed by atoms with Gasteiger partial charge in [0, 0.05) is 17.6 Å². The zero-order valence-corrected chi connectivity index (χ0v) is 19.1. The number of rotatable bonds is 5. The maximum Gasteiger partial charge on any atom is 0.235 e. The Bertz CT molecular complexity index is 873. The van der Waals surface area contributed by atoms with Gasteiger partial charge < -0.3 is 4.90 Å². The van der Waals surface area contributed by atoms with Gasteiger partial charge in [-0.1, -0.05) is 27.3 Å². The minimum Gasteiger partial charge on any atom is -0.308 e. The third-order valence-electron chi connectivity index (χ3n) is 7.08. The lowest BCUT2D eigenvalue weighted by atomic mass is 9.49. The summed E-state index contributed by atoms with van der Waals surface area (Å²) in [6.07, 6.45) is 7.39. The fourth-order valence-electron chi connectivity index (χ4n) is 6.24. The smallest absolute Gasteiger partial charge is 0.235 e. The lowest BCUT2D eigenvalue weighted by Gasteiger charge is -2.56. The Kier molecular flexibility index (Phi) is 4.80. The molecule has 0 radical (unpaired) electrons. The van der Waals surface area contributed by atoms with Crippen molar-refractivity contribution in [3.63, 3.8) is 0 Å². The van der Waals surface area contributed by atoms with Gasteiger partial charge in [-0.2, -0.15) is 0 Å².